The molecular formula is C16H23N3O2. The Labute approximate surface area is 125 Å². The van der Waals surface area contributed by atoms with E-state index in [1.165, 1.54) is 12.8 Å². The van der Waals surface area contributed by atoms with Gasteiger partial charge in [-0.15, -0.1) is 0 Å². The Hall–Kier alpha value is -1.88. The molecule has 1 aliphatic carbocycles. The summed E-state index contributed by atoms with van der Waals surface area (Å²) in [4.78, 5) is 23.4. The van der Waals surface area contributed by atoms with Gasteiger partial charge >= 0.3 is 0 Å². The summed E-state index contributed by atoms with van der Waals surface area (Å²) in [6.07, 6.45) is 2.97. The quantitative estimate of drug-likeness (QED) is 0.721. The summed E-state index contributed by atoms with van der Waals surface area (Å²) in [6, 6.07) is 5.51. The molecule has 1 aromatic carbocycles. The van der Waals surface area contributed by atoms with E-state index in [-0.39, 0.29) is 11.8 Å². The zero-order valence-corrected chi connectivity index (χ0v) is 12.7. The Morgan fingerprint density at radius 1 is 1.14 bits per heavy atom. The minimum atomic E-state index is -0.0577. The van der Waals surface area contributed by atoms with Crippen LogP contribution in [0.1, 0.15) is 31.7 Å². The second-order valence-corrected chi connectivity index (χ2v) is 5.50. The molecule has 0 saturated heterocycles. The Morgan fingerprint density at radius 3 is 2.33 bits per heavy atom. The van der Waals surface area contributed by atoms with Crippen LogP contribution in [0.4, 0.5) is 11.4 Å². The van der Waals surface area contributed by atoms with Gasteiger partial charge < -0.3 is 16.0 Å². The fourth-order valence-corrected chi connectivity index (χ4v) is 2.05. The molecule has 2 amide bonds. The number of benzene rings is 1. The first-order valence-corrected chi connectivity index (χ1v) is 7.50. The highest BCUT2D eigenvalue weighted by molar-refractivity contribution is 5.96. The van der Waals surface area contributed by atoms with Crippen molar-refractivity contribution in [1.82, 2.24) is 5.32 Å². The highest BCUT2D eigenvalue weighted by Crippen LogP contribution is 2.27. The van der Waals surface area contributed by atoms with Crippen LogP contribution in [0.5, 0.6) is 0 Å². The summed E-state index contributed by atoms with van der Waals surface area (Å²) >= 11 is 0. The molecule has 0 radical (unpaired) electrons. The molecule has 0 aliphatic heterocycles. The van der Waals surface area contributed by atoms with Gasteiger partial charge in [0, 0.05) is 17.8 Å². The number of nitrogens with one attached hydrogen (secondary N) is 3. The van der Waals surface area contributed by atoms with Crippen LogP contribution in [-0.2, 0) is 9.59 Å². The molecule has 3 N–H and O–H groups in total. The number of rotatable bonds is 7. The molecule has 0 spiro atoms. The third-order valence-corrected chi connectivity index (χ3v) is 3.62. The van der Waals surface area contributed by atoms with Gasteiger partial charge in [0.15, 0.2) is 0 Å². The van der Waals surface area contributed by atoms with E-state index in [0.29, 0.717) is 13.0 Å². The van der Waals surface area contributed by atoms with Crippen LogP contribution in [0.3, 0.4) is 0 Å². The lowest BCUT2D eigenvalue weighted by atomic mass is 10.1. The van der Waals surface area contributed by atoms with E-state index in [0.717, 1.165) is 29.4 Å². The first-order valence-electron chi connectivity index (χ1n) is 7.50. The second kappa shape index (κ2) is 7.22. The molecule has 0 heterocycles. The number of carbonyl (C=O) groups is 2. The van der Waals surface area contributed by atoms with Crippen molar-refractivity contribution in [1.29, 1.82) is 0 Å². The highest BCUT2D eigenvalue weighted by atomic mass is 16.2. The lowest BCUT2D eigenvalue weighted by Crippen LogP contribution is -2.29. The van der Waals surface area contributed by atoms with E-state index in [1.807, 2.05) is 32.0 Å². The normalized spacial score (nSPS) is 13.8. The van der Waals surface area contributed by atoms with Crippen molar-refractivity contribution in [3.63, 3.8) is 0 Å². The summed E-state index contributed by atoms with van der Waals surface area (Å²) in [5, 5.41) is 8.88. The van der Waals surface area contributed by atoms with E-state index in [1.54, 1.807) is 0 Å². The van der Waals surface area contributed by atoms with Crippen LogP contribution < -0.4 is 16.0 Å². The molecule has 2 rings (SSSR count). The molecule has 1 saturated carbocycles. The summed E-state index contributed by atoms with van der Waals surface area (Å²) in [5.74, 6) is 0.664. The van der Waals surface area contributed by atoms with E-state index in [2.05, 4.69) is 16.0 Å². The van der Waals surface area contributed by atoms with Crippen molar-refractivity contribution in [3.05, 3.63) is 23.8 Å². The maximum atomic E-state index is 11.9. The average molecular weight is 289 g/mol. The number of amides is 2. The smallest absolute Gasteiger partial charge is 0.238 e. The van der Waals surface area contributed by atoms with Gasteiger partial charge in [0.2, 0.25) is 11.8 Å². The molecule has 0 aromatic heterocycles. The number of hydrogen-bond acceptors (Lipinski definition) is 3. The van der Waals surface area contributed by atoms with Gasteiger partial charge in [0.1, 0.15) is 0 Å². The van der Waals surface area contributed by atoms with Crippen molar-refractivity contribution >= 4 is 23.2 Å². The van der Waals surface area contributed by atoms with Crippen LogP contribution in [0.2, 0.25) is 0 Å². The number of anilines is 2. The van der Waals surface area contributed by atoms with E-state index in [9.17, 15) is 9.59 Å². The standard InChI is InChI=1S/C16H23N3O2/c1-3-15(20)18-13-5-4-6-14(11(13)2)19-16(21)10-17-9-12-7-8-12/h4-6,12,17H,3,7-10H2,1-2H3,(H,18,20)(H,19,21). The van der Waals surface area contributed by atoms with Crippen molar-refractivity contribution in [2.75, 3.05) is 23.7 Å². The molecule has 0 bridgehead atoms. The Kier molecular flexibility index (Phi) is 5.33. The topological polar surface area (TPSA) is 70.2 Å². The van der Waals surface area contributed by atoms with Gasteiger partial charge in [0.05, 0.1) is 6.54 Å². The lowest BCUT2D eigenvalue weighted by Gasteiger charge is -2.13. The van der Waals surface area contributed by atoms with Crippen LogP contribution in [-0.4, -0.2) is 24.9 Å². The highest BCUT2D eigenvalue weighted by Gasteiger charge is 2.20. The lowest BCUT2D eigenvalue weighted by molar-refractivity contribution is -0.116. The van der Waals surface area contributed by atoms with Crippen LogP contribution >= 0.6 is 0 Å². The zero-order valence-electron chi connectivity index (χ0n) is 12.7. The van der Waals surface area contributed by atoms with Crippen molar-refractivity contribution in [3.8, 4) is 0 Å². The second-order valence-electron chi connectivity index (χ2n) is 5.50. The van der Waals surface area contributed by atoms with Crippen LogP contribution in [0, 0.1) is 12.8 Å². The molecule has 5 heteroatoms. The SMILES string of the molecule is CCC(=O)Nc1cccc(NC(=O)CNCC2CC2)c1C. The predicted molar refractivity (Wildman–Crippen MR) is 84.3 cm³/mol. The Morgan fingerprint density at radius 2 is 1.76 bits per heavy atom. The Bertz CT molecular complexity index is 524. The number of hydrogen-bond donors (Lipinski definition) is 3. The van der Waals surface area contributed by atoms with Gasteiger partial charge in [-0.25, -0.2) is 0 Å². The average Bonchev–Trinajstić information content (AvgIpc) is 3.27. The molecule has 0 atom stereocenters. The van der Waals surface area contributed by atoms with E-state index in [4.69, 9.17) is 0 Å². The van der Waals surface area contributed by atoms with Crippen LogP contribution in [0.25, 0.3) is 0 Å². The van der Waals surface area contributed by atoms with Crippen molar-refractivity contribution in [2.45, 2.75) is 33.1 Å². The van der Waals surface area contributed by atoms with Gasteiger partial charge in [-0.05, 0) is 49.9 Å². The fraction of sp³-hybridized carbons (Fsp3) is 0.500. The molecule has 1 aliphatic rings. The molecule has 21 heavy (non-hydrogen) atoms. The number of carbonyl (C=O) groups excluding carboxylic acids is 2. The first-order chi connectivity index (χ1) is 10.1. The van der Waals surface area contributed by atoms with Crippen molar-refractivity contribution in [2.24, 2.45) is 5.92 Å². The van der Waals surface area contributed by atoms with Gasteiger partial charge in [-0.3, -0.25) is 9.59 Å². The fourth-order valence-electron chi connectivity index (χ4n) is 2.05. The molecular weight excluding hydrogens is 266 g/mol. The maximum Gasteiger partial charge on any atom is 0.238 e. The maximum absolute atomic E-state index is 11.9. The third-order valence-electron chi connectivity index (χ3n) is 3.62. The van der Waals surface area contributed by atoms with Gasteiger partial charge in [-0.2, -0.15) is 0 Å². The molecule has 1 fully saturated rings. The molecule has 1 aromatic rings. The summed E-state index contributed by atoms with van der Waals surface area (Å²) in [7, 11) is 0. The minimum Gasteiger partial charge on any atom is -0.326 e. The molecule has 0 unspecified atom stereocenters. The summed E-state index contributed by atoms with van der Waals surface area (Å²) < 4.78 is 0. The third kappa shape index (κ3) is 4.86. The minimum absolute atomic E-state index is 0.0346. The summed E-state index contributed by atoms with van der Waals surface area (Å²) in [6.45, 7) is 4.93. The van der Waals surface area contributed by atoms with Crippen LogP contribution in [0.15, 0.2) is 18.2 Å². The summed E-state index contributed by atoms with van der Waals surface area (Å²) in [5.41, 5.74) is 2.35. The molecule has 114 valence electrons. The zero-order chi connectivity index (χ0) is 15.2. The van der Waals surface area contributed by atoms with Gasteiger partial charge in [-0.1, -0.05) is 13.0 Å². The first kappa shape index (κ1) is 15.5. The van der Waals surface area contributed by atoms with E-state index >= 15 is 0 Å². The monoisotopic (exact) mass is 289 g/mol. The van der Waals surface area contributed by atoms with Gasteiger partial charge in [0.25, 0.3) is 0 Å². The molecule has 5 nitrogen and oxygen atoms in total. The van der Waals surface area contributed by atoms with E-state index < -0.39 is 0 Å². The van der Waals surface area contributed by atoms with Crippen molar-refractivity contribution < 1.29 is 9.59 Å². The Balaban J connectivity index is 1.90. The predicted octanol–water partition coefficient (Wildman–Crippen LogP) is 2.28. The largest absolute Gasteiger partial charge is 0.326 e.